The molecule has 0 bridgehead atoms. The van der Waals surface area contributed by atoms with Crippen molar-refractivity contribution in [3.05, 3.63) is 65.8 Å². The summed E-state index contributed by atoms with van der Waals surface area (Å²) in [7, 11) is 0. The number of hydrogen-bond acceptors (Lipinski definition) is 6. The van der Waals surface area contributed by atoms with Crippen molar-refractivity contribution in [2.75, 3.05) is 11.1 Å². The average molecular weight is 387 g/mol. The fourth-order valence-corrected chi connectivity index (χ4v) is 2.91. The van der Waals surface area contributed by atoms with Gasteiger partial charge in [0.1, 0.15) is 11.6 Å². The number of rotatable bonds is 8. The van der Waals surface area contributed by atoms with Crippen molar-refractivity contribution in [2.45, 2.75) is 25.2 Å². The molecule has 1 amide bonds. The van der Waals surface area contributed by atoms with Crippen molar-refractivity contribution >= 4 is 23.4 Å². The van der Waals surface area contributed by atoms with Crippen LogP contribution in [0.2, 0.25) is 0 Å². The van der Waals surface area contributed by atoms with Crippen LogP contribution in [0.25, 0.3) is 0 Å². The van der Waals surface area contributed by atoms with E-state index in [0.29, 0.717) is 22.6 Å². The molecule has 6 nitrogen and oxygen atoms in total. The molecule has 3 aromatic rings. The highest BCUT2D eigenvalue weighted by Gasteiger charge is 2.09. The second-order valence-electron chi connectivity index (χ2n) is 5.72. The Labute approximate surface area is 160 Å². The third kappa shape index (κ3) is 6.10. The number of nitrogens with one attached hydrogen (secondary N) is 1. The van der Waals surface area contributed by atoms with Gasteiger partial charge in [-0.3, -0.25) is 4.79 Å². The maximum atomic E-state index is 12.8. The quantitative estimate of drug-likeness (QED) is 0.583. The minimum absolute atomic E-state index is 0.170. The Bertz CT molecular complexity index is 899. The Hall–Kier alpha value is -2.87. The van der Waals surface area contributed by atoms with Crippen molar-refractivity contribution in [3.63, 3.8) is 0 Å². The molecule has 2 aromatic carbocycles. The van der Waals surface area contributed by atoms with Gasteiger partial charge >= 0.3 is 0 Å². The SMILES string of the molecule is Cc1cccc(OCc2nnc(SCCC(=O)Nc3ccc(F)cc3)o2)c1. The lowest BCUT2D eigenvalue weighted by atomic mass is 10.2. The topological polar surface area (TPSA) is 77.2 Å². The number of halogens is 1. The molecule has 0 aliphatic heterocycles. The molecule has 0 spiro atoms. The van der Waals surface area contributed by atoms with Crippen molar-refractivity contribution in [1.29, 1.82) is 0 Å². The summed E-state index contributed by atoms with van der Waals surface area (Å²) in [5.41, 5.74) is 1.66. The van der Waals surface area contributed by atoms with E-state index in [0.717, 1.165) is 11.3 Å². The minimum Gasteiger partial charge on any atom is -0.484 e. The van der Waals surface area contributed by atoms with E-state index in [1.807, 2.05) is 31.2 Å². The van der Waals surface area contributed by atoms with E-state index in [1.165, 1.54) is 36.0 Å². The number of amides is 1. The van der Waals surface area contributed by atoms with Crippen molar-refractivity contribution in [2.24, 2.45) is 0 Å². The Morgan fingerprint density at radius 1 is 1.22 bits per heavy atom. The number of carbonyl (C=O) groups excluding carboxylic acids is 1. The minimum atomic E-state index is -0.345. The second kappa shape index (κ2) is 9.18. The number of benzene rings is 2. The number of aromatic nitrogens is 2. The van der Waals surface area contributed by atoms with Gasteiger partial charge in [0.05, 0.1) is 0 Å². The average Bonchev–Trinajstić information content (AvgIpc) is 3.10. The monoisotopic (exact) mass is 387 g/mol. The Balaban J connectivity index is 1.40. The van der Waals surface area contributed by atoms with Gasteiger partial charge in [0, 0.05) is 17.9 Å². The van der Waals surface area contributed by atoms with Gasteiger partial charge in [-0.15, -0.1) is 10.2 Å². The maximum absolute atomic E-state index is 12.8. The van der Waals surface area contributed by atoms with Crippen LogP contribution in [0.5, 0.6) is 5.75 Å². The number of aryl methyl sites for hydroxylation is 1. The van der Waals surface area contributed by atoms with Crippen LogP contribution in [0.1, 0.15) is 17.9 Å². The largest absolute Gasteiger partial charge is 0.484 e. The van der Waals surface area contributed by atoms with Crippen LogP contribution >= 0.6 is 11.8 Å². The van der Waals surface area contributed by atoms with Crippen LogP contribution in [-0.4, -0.2) is 21.9 Å². The predicted molar refractivity (Wildman–Crippen MR) is 100 cm³/mol. The van der Waals surface area contributed by atoms with E-state index in [2.05, 4.69) is 15.5 Å². The molecule has 0 radical (unpaired) electrons. The number of thioether (sulfide) groups is 1. The smallest absolute Gasteiger partial charge is 0.276 e. The molecular weight excluding hydrogens is 369 g/mol. The standard InChI is InChI=1S/C19H18FN3O3S/c1-13-3-2-4-16(11-13)25-12-18-22-23-19(26-18)27-10-9-17(24)21-15-7-5-14(20)6-8-15/h2-8,11H,9-10,12H2,1H3,(H,21,24). The third-order valence-electron chi connectivity index (χ3n) is 3.48. The highest BCUT2D eigenvalue weighted by molar-refractivity contribution is 7.99. The van der Waals surface area contributed by atoms with Gasteiger partial charge in [0.2, 0.25) is 5.91 Å². The lowest BCUT2D eigenvalue weighted by Gasteiger charge is -2.04. The Morgan fingerprint density at radius 3 is 2.81 bits per heavy atom. The molecule has 1 N–H and O–H groups in total. The van der Waals surface area contributed by atoms with E-state index in [-0.39, 0.29) is 24.8 Å². The molecular formula is C19H18FN3O3S. The highest BCUT2D eigenvalue weighted by atomic mass is 32.2. The van der Waals surface area contributed by atoms with Crippen molar-refractivity contribution < 1.29 is 18.3 Å². The van der Waals surface area contributed by atoms with Gasteiger partial charge in [-0.2, -0.15) is 0 Å². The molecule has 0 fully saturated rings. The van der Waals surface area contributed by atoms with Gasteiger partial charge in [-0.05, 0) is 48.9 Å². The predicted octanol–water partition coefficient (Wildman–Crippen LogP) is 4.22. The number of ether oxygens (including phenoxy) is 1. The molecule has 3 rings (SSSR count). The van der Waals surface area contributed by atoms with Crippen LogP contribution in [0, 0.1) is 12.7 Å². The van der Waals surface area contributed by atoms with Gasteiger partial charge in [-0.1, -0.05) is 23.9 Å². The van der Waals surface area contributed by atoms with E-state index in [4.69, 9.17) is 9.15 Å². The molecule has 0 unspecified atom stereocenters. The normalized spacial score (nSPS) is 10.6. The van der Waals surface area contributed by atoms with Crippen LogP contribution in [0.15, 0.2) is 58.2 Å². The van der Waals surface area contributed by atoms with Gasteiger partial charge in [-0.25, -0.2) is 4.39 Å². The molecule has 8 heteroatoms. The fraction of sp³-hybridized carbons (Fsp3) is 0.211. The number of carbonyl (C=O) groups is 1. The fourth-order valence-electron chi connectivity index (χ4n) is 2.19. The first-order chi connectivity index (χ1) is 13.1. The summed E-state index contributed by atoms with van der Waals surface area (Å²) < 4.78 is 23.9. The van der Waals surface area contributed by atoms with Crippen LogP contribution in [-0.2, 0) is 11.4 Å². The van der Waals surface area contributed by atoms with Crippen LogP contribution in [0.4, 0.5) is 10.1 Å². The summed E-state index contributed by atoms with van der Waals surface area (Å²) in [5.74, 6) is 1.07. The zero-order valence-electron chi connectivity index (χ0n) is 14.6. The molecule has 0 saturated carbocycles. The van der Waals surface area contributed by atoms with E-state index < -0.39 is 0 Å². The molecule has 1 aromatic heterocycles. The summed E-state index contributed by atoms with van der Waals surface area (Å²) in [6.45, 7) is 2.17. The summed E-state index contributed by atoms with van der Waals surface area (Å²) in [4.78, 5) is 11.9. The number of anilines is 1. The lowest BCUT2D eigenvalue weighted by molar-refractivity contribution is -0.115. The lowest BCUT2D eigenvalue weighted by Crippen LogP contribution is -2.12. The first kappa shape index (κ1) is 18.9. The summed E-state index contributed by atoms with van der Waals surface area (Å²) in [6, 6.07) is 13.3. The van der Waals surface area contributed by atoms with Crippen LogP contribution in [0.3, 0.4) is 0 Å². The molecule has 140 valence electrons. The highest BCUT2D eigenvalue weighted by Crippen LogP contribution is 2.19. The van der Waals surface area contributed by atoms with E-state index in [1.54, 1.807) is 0 Å². The molecule has 0 aliphatic carbocycles. The molecule has 0 atom stereocenters. The first-order valence-electron chi connectivity index (χ1n) is 8.28. The summed E-state index contributed by atoms with van der Waals surface area (Å²) in [6.07, 6.45) is 0.263. The molecule has 0 saturated heterocycles. The summed E-state index contributed by atoms with van der Waals surface area (Å²) >= 11 is 1.29. The second-order valence-corrected chi connectivity index (χ2v) is 6.77. The van der Waals surface area contributed by atoms with Gasteiger partial charge in [0.25, 0.3) is 11.1 Å². The Morgan fingerprint density at radius 2 is 2.04 bits per heavy atom. The van der Waals surface area contributed by atoms with Crippen molar-refractivity contribution in [1.82, 2.24) is 10.2 Å². The van der Waals surface area contributed by atoms with E-state index >= 15 is 0 Å². The third-order valence-corrected chi connectivity index (χ3v) is 4.30. The number of hydrogen-bond donors (Lipinski definition) is 1. The summed E-state index contributed by atoms with van der Waals surface area (Å²) in [5, 5.41) is 10.9. The maximum Gasteiger partial charge on any atom is 0.276 e. The van der Waals surface area contributed by atoms with Crippen molar-refractivity contribution in [3.8, 4) is 5.75 Å². The molecule has 0 aliphatic rings. The number of nitrogens with zero attached hydrogens (tertiary/aromatic N) is 2. The van der Waals surface area contributed by atoms with Gasteiger partial charge in [0.15, 0.2) is 6.61 Å². The first-order valence-corrected chi connectivity index (χ1v) is 9.27. The molecule has 27 heavy (non-hydrogen) atoms. The van der Waals surface area contributed by atoms with E-state index in [9.17, 15) is 9.18 Å². The zero-order chi connectivity index (χ0) is 19.1. The Kier molecular flexibility index (Phi) is 6.43. The molecule has 1 heterocycles. The zero-order valence-corrected chi connectivity index (χ0v) is 15.5. The van der Waals surface area contributed by atoms with Crippen LogP contribution < -0.4 is 10.1 Å². The van der Waals surface area contributed by atoms with Gasteiger partial charge < -0.3 is 14.5 Å².